The van der Waals surface area contributed by atoms with Gasteiger partial charge in [0.2, 0.25) is 5.91 Å². The van der Waals surface area contributed by atoms with Crippen molar-refractivity contribution in [1.29, 1.82) is 0 Å². The van der Waals surface area contributed by atoms with E-state index in [1.807, 2.05) is 25.1 Å². The van der Waals surface area contributed by atoms with Gasteiger partial charge in [0.05, 0.1) is 18.0 Å². The van der Waals surface area contributed by atoms with Crippen LogP contribution in [0.25, 0.3) is 0 Å². The zero-order valence-corrected chi connectivity index (χ0v) is 15.4. The highest BCUT2D eigenvalue weighted by atomic mass is 35.5. The molecule has 1 heterocycles. The summed E-state index contributed by atoms with van der Waals surface area (Å²) in [5, 5.41) is 3.08. The summed E-state index contributed by atoms with van der Waals surface area (Å²) < 4.78 is 16.3. The number of carbonyl (C=O) groups excluding carboxylic acids is 1. The lowest BCUT2D eigenvalue weighted by Gasteiger charge is -2.19. The standard InChI is InChI=1S/C18H18ClNO4S/c1-11(18(21)20-14-9-12(19)3-5-15(14)22-2)25-13-4-6-16-17(10-13)24-8-7-23-16/h3-6,9-11H,7-8H2,1-2H3,(H,20,21). The molecule has 3 rings (SSSR count). The number of thioether (sulfide) groups is 1. The van der Waals surface area contributed by atoms with Crippen LogP contribution in [0.15, 0.2) is 41.3 Å². The summed E-state index contributed by atoms with van der Waals surface area (Å²) in [5.74, 6) is 1.87. The minimum absolute atomic E-state index is 0.138. The lowest BCUT2D eigenvalue weighted by molar-refractivity contribution is -0.115. The number of ether oxygens (including phenoxy) is 3. The van der Waals surface area contributed by atoms with Crippen molar-refractivity contribution in [2.75, 3.05) is 25.6 Å². The van der Waals surface area contributed by atoms with Gasteiger partial charge in [-0.1, -0.05) is 11.6 Å². The van der Waals surface area contributed by atoms with Gasteiger partial charge in [-0.2, -0.15) is 0 Å². The second-order valence-electron chi connectivity index (χ2n) is 5.40. The van der Waals surface area contributed by atoms with Crippen LogP contribution in [0, 0.1) is 0 Å². The van der Waals surface area contributed by atoms with E-state index >= 15 is 0 Å². The van der Waals surface area contributed by atoms with Crippen molar-refractivity contribution in [2.24, 2.45) is 0 Å². The lowest BCUT2D eigenvalue weighted by atomic mass is 10.3. The second kappa shape index (κ2) is 7.89. The number of fused-ring (bicyclic) bond motifs is 1. The van der Waals surface area contributed by atoms with Crippen molar-refractivity contribution < 1.29 is 19.0 Å². The minimum Gasteiger partial charge on any atom is -0.495 e. The van der Waals surface area contributed by atoms with Crippen LogP contribution in [0.5, 0.6) is 17.2 Å². The maximum absolute atomic E-state index is 12.5. The number of methoxy groups -OCH3 is 1. The number of rotatable bonds is 5. The average Bonchev–Trinajstić information content (AvgIpc) is 2.61. The van der Waals surface area contributed by atoms with E-state index in [1.165, 1.54) is 11.8 Å². The van der Waals surface area contributed by atoms with Crippen LogP contribution in [0.1, 0.15) is 6.92 Å². The van der Waals surface area contributed by atoms with Gasteiger partial charge in [0.15, 0.2) is 11.5 Å². The summed E-state index contributed by atoms with van der Waals surface area (Å²) in [4.78, 5) is 13.4. The average molecular weight is 380 g/mol. The molecule has 1 atom stereocenters. The van der Waals surface area contributed by atoms with Crippen molar-refractivity contribution in [1.82, 2.24) is 0 Å². The normalized spacial score (nSPS) is 13.9. The van der Waals surface area contributed by atoms with Gasteiger partial charge in [0, 0.05) is 9.92 Å². The highest BCUT2D eigenvalue weighted by Gasteiger charge is 2.18. The van der Waals surface area contributed by atoms with Crippen LogP contribution in [-0.4, -0.2) is 31.5 Å². The molecular weight excluding hydrogens is 362 g/mol. The van der Waals surface area contributed by atoms with Gasteiger partial charge in [-0.3, -0.25) is 4.79 Å². The molecule has 2 aromatic rings. The SMILES string of the molecule is COc1ccc(Cl)cc1NC(=O)C(C)Sc1ccc2c(c1)OCCO2. The highest BCUT2D eigenvalue weighted by Crippen LogP contribution is 2.36. The Morgan fingerprint density at radius 3 is 2.72 bits per heavy atom. The zero-order chi connectivity index (χ0) is 17.8. The molecule has 0 bridgehead atoms. The Balaban J connectivity index is 1.68. The Labute approximate surface area is 155 Å². The molecule has 132 valence electrons. The Bertz CT molecular complexity index is 784. The predicted octanol–water partition coefficient (Wildman–Crippen LogP) is 4.24. The molecule has 0 saturated heterocycles. The maximum atomic E-state index is 12.5. The quantitative estimate of drug-likeness (QED) is 0.787. The molecule has 2 aromatic carbocycles. The summed E-state index contributed by atoms with van der Waals surface area (Å²) >= 11 is 7.44. The molecular formula is C18H18ClNO4S. The predicted molar refractivity (Wildman–Crippen MR) is 99.4 cm³/mol. The molecule has 1 amide bonds. The number of hydrogen-bond donors (Lipinski definition) is 1. The third kappa shape index (κ3) is 4.32. The Morgan fingerprint density at radius 2 is 1.96 bits per heavy atom. The van der Waals surface area contributed by atoms with E-state index in [-0.39, 0.29) is 11.2 Å². The maximum Gasteiger partial charge on any atom is 0.237 e. The molecule has 25 heavy (non-hydrogen) atoms. The molecule has 1 aliphatic rings. The van der Waals surface area contributed by atoms with Crippen LogP contribution in [0.2, 0.25) is 5.02 Å². The van der Waals surface area contributed by atoms with E-state index in [2.05, 4.69) is 5.32 Å². The molecule has 1 aliphatic heterocycles. The number of benzene rings is 2. The molecule has 0 fully saturated rings. The number of halogens is 1. The molecule has 0 aromatic heterocycles. The zero-order valence-electron chi connectivity index (χ0n) is 13.9. The minimum atomic E-state index is -0.314. The van der Waals surface area contributed by atoms with E-state index in [0.29, 0.717) is 35.4 Å². The van der Waals surface area contributed by atoms with Gasteiger partial charge in [-0.25, -0.2) is 0 Å². The fraction of sp³-hybridized carbons (Fsp3) is 0.278. The van der Waals surface area contributed by atoms with Gasteiger partial charge in [0.25, 0.3) is 0 Å². The first-order valence-electron chi connectivity index (χ1n) is 7.77. The third-order valence-corrected chi connectivity index (χ3v) is 4.94. The Hall–Kier alpha value is -2.05. The van der Waals surface area contributed by atoms with E-state index in [4.69, 9.17) is 25.8 Å². The van der Waals surface area contributed by atoms with Crippen molar-refractivity contribution in [3.8, 4) is 17.2 Å². The summed E-state index contributed by atoms with van der Waals surface area (Å²) in [6.07, 6.45) is 0. The van der Waals surface area contributed by atoms with E-state index in [0.717, 1.165) is 10.6 Å². The molecule has 0 aliphatic carbocycles. The third-order valence-electron chi connectivity index (χ3n) is 3.62. The molecule has 0 radical (unpaired) electrons. The molecule has 0 spiro atoms. The van der Waals surface area contributed by atoms with Crippen LogP contribution in [0.3, 0.4) is 0 Å². The summed E-state index contributed by atoms with van der Waals surface area (Å²) in [6, 6.07) is 10.8. The number of hydrogen-bond acceptors (Lipinski definition) is 5. The van der Waals surface area contributed by atoms with E-state index in [1.54, 1.807) is 25.3 Å². The Morgan fingerprint density at radius 1 is 1.20 bits per heavy atom. The first-order valence-corrected chi connectivity index (χ1v) is 9.03. The summed E-state index contributed by atoms with van der Waals surface area (Å²) in [5.41, 5.74) is 0.551. The van der Waals surface area contributed by atoms with Crippen LogP contribution in [-0.2, 0) is 4.79 Å². The monoisotopic (exact) mass is 379 g/mol. The van der Waals surface area contributed by atoms with Gasteiger partial charge in [-0.15, -0.1) is 11.8 Å². The number of nitrogens with one attached hydrogen (secondary N) is 1. The van der Waals surface area contributed by atoms with Crippen molar-refractivity contribution in [2.45, 2.75) is 17.1 Å². The summed E-state index contributed by atoms with van der Waals surface area (Å²) in [7, 11) is 1.55. The fourth-order valence-electron chi connectivity index (χ4n) is 2.37. The van der Waals surface area contributed by atoms with Gasteiger partial charge in [0.1, 0.15) is 19.0 Å². The first kappa shape index (κ1) is 17.8. The second-order valence-corrected chi connectivity index (χ2v) is 7.25. The van der Waals surface area contributed by atoms with E-state index < -0.39 is 0 Å². The fourth-order valence-corrected chi connectivity index (χ4v) is 3.43. The van der Waals surface area contributed by atoms with Crippen LogP contribution < -0.4 is 19.5 Å². The molecule has 5 nitrogen and oxygen atoms in total. The lowest BCUT2D eigenvalue weighted by Crippen LogP contribution is -2.22. The van der Waals surface area contributed by atoms with Crippen molar-refractivity contribution in [3.05, 3.63) is 41.4 Å². The topological polar surface area (TPSA) is 56.8 Å². The van der Waals surface area contributed by atoms with Gasteiger partial charge < -0.3 is 19.5 Å². The van der Waals surface area contributed by atoms with E-state index in [9.17, 15) is 4.79 Å². The highest BCUT2D eigenvalue weighted by molar-refractivity contribution is 8.00. The van der Waals surface area contributed by atoms with Gasteiger partial charge in [-0.05, 0) is 43.3 Å². The van der Waals surface area contributed by atoms with Crippen molar-refractivity contribution >= 4 is 35.0 Å². The Kier molecular flexibility index (Phi) is 5.60. The smallest absolute Gasteiger partial charge is 0.237 e. The molecule has 7 heteroatoms. The van der Waals surface area contributed by atoms with Crippen molar-refractivity contribution in [3.63, 3.8) is 0 Å². The number of amides is 1. The molecule has 1 N–H and O–H groups in total. The number of anilines is 1. The summed E-state index contributed by atoms with van der Waals surface area (Å²) in [6.45, 7) is 2.93. The molecule has 1 unspecified atom stereocenters. The largest absolute Gasteiger partial charge is 0.495 e. The number of carbonyl (C=O) groups is 1. The molecule has 0 saturated carbocycles. The first-order chi connectivity index (χ1) is 12.1. The van der Waals surface area contributed by atoms with Crippen LogP contribution >= 0.6 is 23.4 Å². The van der Waals surface area contributed by atoms with Crippen LogP contribution in [0.4, 0.5) is 5.69 Å². The van der Waals surface area contributed by atoms with Gasteiger partial charge >= 0.3 is 0 Å².